The fourth-order valence-corrected chi connectivity index (χ4v) is 11.5. The van der Waals surface area contributed by atoms with Crippen LogP contribution in [-0.2, 0) is 110 Å². The molecule has 13 atom stereocenters. The first-order valence-corrected chi connectivity index (χ1v) is 30.6. The maximum atomic E-state index is 16.2. The van der Waals surface area contributed by atoms with E-state index in [1.807, 2.05) is 250 Å². The molecule has 0 N–H and O–H groups in total. The molecule has 3 fully saturated rings. The number of alkyl halides is 1. The van der Waals surface area contributed by atoms with E-state index >= 15 is 4.39 Å². The number of likely N-dealkylation sites (tertiary alicyclic amines) is 1. The second-order valence-corrected chi connectivity index (χ2v) is 22.5. The third-order valence-electron chi connectivity index (χ3n) is 16.1. The Labute approximate surface area is 521 Å². The largest absolute Gasteiger partial charge is 0.445 e. The van der Waals surface area contributed by atoms with Gasteiger partial charge in [-0.3, -0.25) is 4.90 Å². The van der Waals surface area contributed by atoms with Crippen LogP contribution in [0, 0.1) is 0 Å². The van der Waals surface area contributed by atoms with E-state index in [0.29, 0.717) is 0 Å². The van der Waals surface area contributed by atoms with Crippen molar-refractivity contribution in [2.45, 2.75) is 139 Å². The fraction of sp³-hybridized carbons (Fsp3) is 0.338. The molecule has 0 saturated carbocycles. The lowest BCUT2D eigenvalue weighted by Crippen LogP contribution is -2.66. The molecule has 89 heavy (non-hydrogen) atoms. The van der Waals surface area contributed by atoms with Gasteiger partial charge in [0.05, 0.1) is 71.5 Å². The molecule has 0 aromatic heterocycles. The number of amides is 1. The lowest BCUT2D eigenvalue weighted by molar-refractivity contribution is -0.379. The summed E-state index contributed by atoms with van der Waals surface area (Å²) in [5.41, 5.74) is 7.19. The number of hydrogen-bond donors (Lipinski definition) is 0. The molecule has 3 saturated heterocycles. The van der Waals surface area contributed by atoms with Gasteiger partial charge in [0, 0.05) is 0 Å². The summed E-state index contributed by atoms with van der Waals surface area (Å²) in [6.45, 7) is 2.10. The minimum absolute atomic E-state index is 0.0211. The first-order valence-electron chi connectivity index (χ1n) is 30.6. The lowest BCUT2D eigenvalue weighted by Gasteiger charge is -2.50. The van der Waals surface area contributed by atoms with Crippen molar-refractivity contribution in [1.29, 1.82) is 0 Å². The Kier molecular flexibility index (Phi) is 23.3. The first kappa shape index (κ1) is 63.1. The molecular weight excluding hydrogens is 1130 g/mol. The Balaban J connectivity index is 0.983. The molecule has 1 amide bonds. The standard InChI is InChI=1S/C74H78FNO13/c1-53-65(80-46-56-30-14-4-15-31-56)68(81-47-57-32-16-5-17-33-57)70(83-49-59-36-20-7-21-37-59)72(86-53)89-67-64(52-78-44-54-26-10-2-11-27-54)87-73(71(84-50-60-38-22-8-23-39-60)69(67)82-48-58-34-18-6-19-35-58)88-66-62(42-75)76(74(77)85-51-61-40-24-9-25-41-61)43-63(66)79-45-55-28-12-3-13-29-55/h2-41,53,62-73H,42-52H2,1H3/t53-,62?,63?,64-,65-,66?,67-,68+,69+,70-,71-,72+,73-/m1/s1. The van der Waals surface area contributed by atoms with Gasteiger partial charge in [0.15, 0.2) is 12.6 Å². The van der Waals surface area contributed by atoms with Gasteiger partial charge >= 0.3 is 6.09 Å². The molecule has 8 aromatic carbocycles. The maximum absolute atomic E-state index is 16.2. The average molecular weight is 1210 g/mol. The summed E-state index contributed by atoms with van der Waals surface area (Å²) in [4.78, 5) is 15.6. The molecule has 3 aliphatic rings. The Morgan fingerprint density at radius 1 is 0.393 bits per heavy atom. The van der Waals surface area contributed by atoms with Gasteiger partial charge < -0.3 is 56.8 Å². The van der Waals surface area contributed by atoms with Crippen LogP contribution in [0.15, 0.2) is 243 Å². The summed E-state index contributed by atoms with van der Waals surface area (Å²) in [5.74, 6) is 0. The topological polar surface area (TPSA) is 131 Å². The number of rotatable bonds is 29. The second-order valence-electron chi connectivity index (χ2n) is 22.5. The quantitative estimate of drug-likeness (QED) is 0.0441. The third-order valence-corrected chi connectivity index (χ3v) is 16.1. The Morgan fingerprint density at radius 2 is 0.719 bits per heavy atom. The lowest BCUT2D eigenvalue weighted by atomic mass is 9.95. The summed E-state index contributed by atoms with van der Waals surface area (Å²) in [7, 11) is 0. The van der Waals surface area contributed by atoms with Crippen molar-refractivity contribution in [3.63, 3.8) is 0 Å². The highest BCUT2D eigenvalue weighted by atomic mass is 19.1. The van der Waals surface area contributed by atoms with Crippen LogP contribution in [0.1, 0.15) is 51.4 Å². The minimum atomic E-state index is -1.32. The molecule has 14 nitrogen and oxygen atoms in total. The number of halogens is 1. The van der Waals surface area contributed by atoms with E-state index in [2.05, 4.69) is 0 Å². The van der Waals surface area contributed by atoms with Gasteiger partial charge in [-0.2, -0.15) is 0 Å². The van der Waals surface area contributed by atoms with Gasteiger partial charge in [0.2, 0.25) is 0 Å². The molecule has 0 radical (unpaired) electrons. The fourth-order valence-electron chi connectivity index (χ4n) is 11.5. The summed E-state index contributed by atoms with van der Waals surface area (Å²) >= 11 is 0. The van der Waals surface area contributed by atoms with Crippen molar-refractivity contribution in [2.75, 3.05) is 19.8 Å². The van der Waals surface area contributed by atoms with Crippen molar-refractivity contribution in [3.8, 4) is 0 Å². The first-order chi connectivity index (χ1) is 43.9. The molecule has 464 valence electrons. The van der Waals surface area contributed by atoms with Crippen LogP contribution >= 0.6 is 0 Å². The van der Waals surface area contributed by atoms with Crippen LogP contribution in [0.2, 0.25) is 0 Å². The van der Waals surface area contributed by atoms with Gasteiger partial charge in [-0.05, 0) is 51.4 Å². The number of nitrogens with zero attached hydrogens (tertiary/aromatic N) is 1. The van der Waals surface area contributed by atoms with Crippen molar-refractivity contribution < 1.29 is 66.0 Å². The predicted octanol–water partition coefficient (Wildman–Crippen LogP) is 12.9. The van der Waals surface area contributed by atoms with E-state index < -0.39 is 92.4 Å². The van der Waals surface area contributed by atoms with Gasteiger partial charge in [0.1, 0.15) is 68.2 Å². The second kappa shape index (κ2) is 32.8. The van der Waals surface area contributed by atoms with Crippen LogP contribution in [0.25, 0.3) is 0 Å². The number of benzene rings is 8. The summed E-state index contributed by atoms with van der Waals surface area (Å²) in [6.07, 6.45) is -12.3. The smallest absolute Gasteiger partial charge is 0.410 e. The van der Waals surface area contributed by atoms with Crippen LogP contribution in [0.4, 0.5) is 9.18 Å². The SMILES string of the molecule is C[C@H]1O[C@@H](O[C@H]2[C@H](OCc3ccccc3)[C@@H](OCc3ccccc3)[C@@H](OC3C(OCc4ccccc4)CN(C(=O)OCc4ccccc4)C3CF)O[C@@H]2COCc2ccccc2)[C@H](OCc2ccccc2)[C@@H](OCc2ccccc2)[C@@H]1OCc1ccccc1. The van der Waals surface area contributed by atoms with E-state index in [4.69, 9.17) is 56.8 Å². The molecule has 0 bridgehead atoms. The van der Waals surface area contributed by atoms with E-state index in [1.54, 1.807) is 0 Å². The van der Waals surface area contributed by atoms with Crippen molar-refractivity contribution in [1.82, 2.24) is 4.90 Å². The Morgan fingerprint density at radius 3 is 1.12 bits per heavy atom. The van der Waals surface area contributed by atoms with Gasteiger partial charge in [-0.15, -0.1) is 0 Å². The number of carbonyl (C=O) groups excluding carboxylic acids is 1. The summed E-state index contributed by atoms with van der Waals surface area (Å²) in [6, 6.07) is 77.1. The van der Waals surface area contributed by atoms with E-state index in [1.165, 1.54) is 4.90 Å². The van der Waals surface area contributed by atoms with Crippen molar-refractivity contribution in [2.24, 2.45) is 0 Å². The normalized spacial score (nSPS) is 25.1. The third kappa shape index (κ3) is 17.7. The van der Waals surface area contributed by atoms with E-state index in [0.717, 1.165) is 44.5 Å². The summed E-state index contributed by atoms with van der Waals surface area (Å²) < 4.78 is 100. The van der Waals surface area contributed by atoms with Crippen LogP contribution < -0.4 is 0 Å². The van der Waals surface area contributed by atoms with Gasteiger partial charge in [-0.1, -0.05) is 243 Å². The summed E-state index contributed by atoms with van der Waals surface area (Å²) in [5, 5.41) is 0. The number of carbonyl (C=O) groups is 1. The molecule has 15 heteroatoms. The van der Waals surface area contributed by atoms with Crippen LogP contribution in [0.5, 0.6) is 0 Å². The van der Waals surface area contributed by atoms with Crippen molar-refractivity contribution in [3.05, 3.63) is 287 Å². The Hall–Kier alpha value is -7.48. The molecule has 3 unspecified atom stereocenters. The van der Waals surface area contributed by atoms with E-state index in [9.17, 15) is 4.79 Å². The highest BCUT2D eigenvalue weighted by molar-refractivity contribution is 5.69. The highest BCUT2D eigenvalue weighted by Crippen LogP contribution is 2.39. The van der Waals surface area contributed by atoms with Crippen LogP contribution in [-0.4, -0.2) is 110 Å². The molecule has 0 spiro atoms. The molecule has 11 rings (SSSR count). The van der Waals surface area contributed by atoms with Crippen LogP contribution in [0.3, 0.4) is 0 Å². The molecular formula is C74H78FNO13. The van der Waals surface area contributed by atoms with E-state index in [-0.39, 0.29) is 66.0 Å². The Bertz CT molecular complexity index is 3280. The zero-order valence-corrected chi connectivity index (χ0v) is 50.0. The number of hydrogen-bond acceptors (Lipinski definition) is 13. The van der Waals surface area contributed by atoms with Crippen molar-refractivity contribution >= 4 is 6.09 Å². The monoisotopic (exact) mass is 1210 g/mol. The molecule has 0 aliphatic carbocycles. The van der Waals surface area contributed by atoms with Gasteiger partial charge in [-0.25, -0.2) is 9.18 Å². The zero-order chi connectivity index (χ0) is 60.8. The highest BCUT2D eigenvalue weighted by Gasteiger charge is 2.56. The van der Waals surface area contributed by atoms with Gasteiger partial charge in [0.25, 0.3) is 0 Å². The molecule has 3 aliphatic heterocycles. The zero-order valence-electron chi connectivity index (χ0n) is 50.0. The molecule has 8 aromatic rings. The maximum Gasteiger partial charge on any atom is 0.410 e. The number of ether oxygens (including phenoxy) is 12. The average Bonchev–Trinajstić information content (AvgIpc) is 2.10. The minimum Gasteiger partial charge on any atom is -0.445 e. The predicted molar refractivity (Wildman–Crippen MR) is 332 cm³/mol. The molecule has 3 heterocycles.